The summed E-state index contributed by atoms with van der Waals surface area (Å²) in [6.45, 7) is 0. The van der Waals surface area contributed by atoms with Crippen molar-refractivity contribution >= 4 is 40.3 Å². The summed E-state index contributed by atoms with van der Waals surface area (Å²) in [5.74, 6) is -0.503. The van der Waals surface area contributed by atoms with Gasteiger partial charge in [0.1, 0.15) is 11.6 Å². The third kappa shape index (κ3) is 7.69. The summed E-state index contributed by atoms with van der Waals surface area (Å²) in [6.07, 6.45) is 0. The lowest BCUT2D eigenvalue weighted by atomic mass is 9.94. The number of aromatic nitrogens is 2. The highest BCUT2D eigenvalue weighted by atomic mass is 32.2. The van der Waals surface area contributed by atoms with Crippen molar-refractivity contribution in [2.75, 3.05) is 0 Å². The van der Waals surface area contributed by atoms with E-state index in [0.29, 0.717) is 44.4 Å². The van der Waals surface area contributed by atoms with Crippen molar-refractivity contribution in [2.24, 2.45) is 15.9 Å². The molecule has 0 aliphatic carbocycles. The number of carbonyl (C=O) groups excluding carboxylic acids is 1. The Kier molecular flexibility index (Phi) is 10.3. The van der Waals surface area contributed by atoms with Crippen LogP contribution in [0.2, 0.25) is 0 Å². The normalized spacial score (nSPS) is 13.8. The van der Waals surface area contributed by atoms with Crippen LogP contribution < -0.4 is 5.56 Å². The minimum Gasteiger partial charge on any atom is -0.300 e. The second kappa shape index (κ2) is 15.7. The molecule has 0 fully saturated rings. The summed E-state index contributed by atoms with van der Waals surface area (Å²) in [5, 5.41) is 20.2. The van der Waals surface area contributed by atoms with Gasteiger partial charge >= 0.3 is 0 Å². The minimum atomic E-state index is -1.06. The molecule has 10 heteroatoms. The van der Waals surface area contributed by atoms with Gasteiger partial charge in [0.15, 0.2) is 16.2 Å². The molecule has 250 valence electrons. The third-order valence-corrected chi connectivity index (χ3v) is 10.3. The van der Waals surface area contributed by atoms with E-state index in [1.165, 1.54) is 23.5 Å². The highest BCUT2D eigenvalue weighted by molar-refractivity contribution is 8.13. The number of carbonyl (C=O) groups is 1. The number of hydrogen-bond acceptors (Lipinski definition) is 8. The number of amidine groups is 1. The number of nitriles is 2. The van der Waals surface area contributed by atoms with Gasteiger partial charge in [0, 0.05) is 17.1 Å². The second-order valence-electron chi connectivity index (χ2n) is 11.8. The fraction of sp³-hybridized carbons (Fsp3) is 0.0714. The number of aliphatic imine (C=N–C) groups is 2. The number of nitrogens with one attached hydrogen (secondary N) is 1. The Morgan fingerprint density at radius 1 is 0.596 bits per heavy atom. The predicted octanol–water partition coefficient (Wildman–Crippen LogP) is 8.69. The Labute approximate surface area is 308 Å². The molecule has 1 aliphatic rings. The molecule has 0 bridgehead atoms. The number of hydrogen-bond donors (Lipinski definition) is 1. The number of thioether (sulfide) groups is 2. The van der Waals surface area contributed by atoms with Crippen LogP contribution in [0.25, 0.3) is 33.5 Å². The second-order valence-corrected chi connectivity index (χ2v) is 13.7. The fourth-order valence-electron chi connectivity index (χ4n) is 5.66. The van der Waals surface area contributed by atoms with E-state index in [4.69, 9.17) is 0 Å². The van der Waals surface area contributed by atoms with Crippen LogP contribution in [-0.2, 0) is 16.3 Å². The largest absolute Gasteiger partial charge is 0.300 e. The molecule has 5 aromatic carbocycles. The summed E-state index contributed by atoms with van der Waals surface area (Å²) >= 11 is 2.71. The number of nitrogens with zero attached hydrogens (tertiary/aromatic N) is 5. The van der Waals surface area contributed by atoms with Crippen LogP contribution in [0.4, 0.5) is 0 Å². The van der Waals surface area contributed by atoms with Crippen LogP contribution in [0, 0.1) is 28.6 Å². The van der Waals surface area contributed by atoms with Crippen molar-refractivity contribution in [3.63, 3.8) is 0 Å². The van der Waals surface area contributed by atoms with Gasteiger partial charge in [-0.15, -0.1) is 0 Å². The molecule has 0 saturated heterocycles. The van der Waals surface area contributed by atoms with E-state index in [9.17, 15) is 20.1 Å². The van der Waals surface area contributed by atoms with Gasteiger partial charge in [-0.25, -0.2) is 9.98 Å². The minimum absolute atomic E-state index is 0.0245. The van der Waals surface area contributed by atoms with Crippen molar-refractivity contribution < 1.29 is 4.79 Å². The summed E-state index contributed by atoms with van der Waals surface area (Å²) in [7, 11) is 0. The lowest BCUT2D eigenvalue weighted by molar-refractivity contribution is -0.118. The molecule has 7 rings (SSSR count). The summed E-state index contributed by atoms with van der Waals surface area (Å²) < 4.78 is 0. The molecule has 1 aromatic heterocycles. The SMILES string of the molecule is N#Cc1c(-c2ccc(-c3ccccc3)cc2)nc(SCc2ccc(CSC3=NC(=O)C(C#N)C(c4ccc(-c5ccccc5)cc4)=N3)cc2)[nH]c1=O. The molecule has 1 amide bonds. The molecule has 52 heavy (non-hydrogen) atoms. The van der Waals surface area contributed by atoms with E-state index in [2.05, 4.69) is 26.0 Å². The van der Waals surface area contributed by atoms with Crippen LogP contribution in [0.5, 0.6) is 0 Å². The molecule has 1 atom stereocenters. The Morgan fingerprint density at radius 2 is 1.10 bits per heavy atom. The maximum absolute atomic E-state index is 12.8. The number of aromatic amines is 1. The molecule has 1 aliphatic heterocycles. The van der Waals surface area contributed by atoms with E-state index in [1.54, 1.807) is 0 Å². The zero-order valence-corrected chi connectivity index (χ0v) is 29.2. The molecule has 0 saturated carbocycles. The Balaban J connectivity index is 1.00. The van der Waals surface area contributed by atoms with Crippen LogP contribution in [0.1, 0.15) is 22.3 Å². The molecule has 8 nitrogen and oxygen atoms in total. The molecule has 0 spiro atoms. The molecule has 1 unspecified atom stereocenters. The van der Waals surface area contributed by atoms with E-state index in [0.717, 1.165) is 33.4 Å². The maximum atomic E-state index is 12.8. The molecule has 6 aromatic rings. The van der Waals surface area contributed by atoms with E-state index >= 15 is 0 Å². The maximum Gasteiger partial charge on any atom is 0.271 e. The Bertz CT molecular complexity index is 2450. The van der Waals surface area contributed by atoms with E-state index < -0.39 is 17.4 Å². The predicted molar refractivity (Wildman–Crippen MR) is 208 cm³/mol. The average molecular weight is 713 g/mol. The van der Waals surface area contributed by atoms with Gasteiger partial charge < -0.3 is 4.98 Å². The first-order chi connectivity index (χ1) is 25.5. The van der Waals surface area contributed by atoms with Gasteiger partial charge in [-0.05, 0) is 38.9 Å². The summed E-state index contributed by atoms with van der Waals surface area (Å²) in [6, 6.07) is 47.4. The zero-order chi connectivity index (χ0) is 35.9. The van der Waals surface area contributed by atoms with Gasteiger partial charge in [-0.1, -0.05) is 157 Å². The van der Waals surface area contributed by atoms with Gasteiger partial charge in [-0.3, -0.25) is 9.59 Å². The smallest absolute Gasteiger partial charge is 0.271 e. The number of benzene rings is 5. The van der Waals surface area contributed by atoms with Crippen LogP contribution in [0.3, 0.4) is 0 Å². The van der Waals surface area contributed by atoms with E-state index in [1.807, 2.05) is 140 Å². The lowest BCUT2D eigenvalue weighted by Crippen LogP contribution is -2.27. The monoisotopic (exact) mass is 712 g/mol. The number of amides is 1. The van der Waals surface area contributed by atoms with Crippen molar-refractivity contribution in [1.82, 2.24) is 9.97 Å². The van der Waals surface area contributed by atoms with Crippen molar-refractivity contribution in [2.45, 2.75) is 16.7 Å². The first kappa shape index (κ1) is 34.1. The van der Waals surface area contributed by atoms with Gasteiger partial charge in [0.2, 0.25) is 0 Å². The van der Waals surface area contributed by atoms with Crippen LogP contribution >= 0.6 is 23.5 Å². The number of H-pyrrole nitrogens is 1. The molecule has 2 heterocycles. The van der Waals surface area contributed by atoms with Gasteiger partial charge in [0.25, 0.3) is 11.5 Å². The van der Waals surface area contributed by atoms with Gasteiger partial charge in [0.05, 0.1) is 17.5 Å². The highest BCUT2D eigenvalue weighted by Gasteiger charge is 2.30. The number of rotatable bonds is 9. The zero-order valence-electron chi connectivity index (χ0n) is 27.6. The lowest BCUT2D eigenvalue weighted by Gasteiger charge is -2.16. The summed E-state index contributed by atoms with van der Waals surface area (Å²) in [5.41, 5.74) is 7.87. The molecular weight excluding hydrogens is 685 g/mol. The summed E-state index contributed by atoms with van der Waals surface area (Å²) in [4.78, 5) is 41.8. The van der Waals surface area contributed by atoms with Gasteiger partial charge in [-0.2, -0.15) is 15.5 Å². The fourth-order valence-corrected chi connectivity index (χ4v) is 7.28. The molecular formula is C42H28N6O2S2. The molecule has 0 radical (unpaired) electrons. The molecule has 1 N–H and O–H groups in total. The first-order valence-electron chi connectivity index (χ1n) is 16.3. The quantitative estimate of drug-likeness (QED) is 0.117. The first-order valence-corrected chi connectivity index (χ1v) is 18.3. The Hall–Kier alpha value is -6.33. The standard InChI is InChI=1S/C42H28N6O2S2/c43-23-35-37(33-19-15-31(16-20-33)29-7-3-1-4-8-29)45-41(47-39(35)49)51-25-27-11-13-28(14-12-27)26-52-42-46-38(36(24-44)40(50)48-42)34-21-17-32(18-22-34)30-9-5-2-6-10-30/h1-22,35H,25-26H2,(H,46,48,50). The van der Waals surface area contributed by atoms with Crippen LogP contribution in [0.15, 0.2) is 153 Å². The van der Waals surface area contributed by atoms with Crippen molar-refractivity contribution in [1.29, 1.82) is 10.5 Å². The average Bonchev–Trinajstić information content (AvgIpc) is 3.20. The van der Waals surface area contributed by atoms with Crippen molar-refractivity contribution in [3.05, 3.63) is 166 Å². The van der Waals surface area contributed by atoms with E-state index in [-0.39, 0.29) is 5.56 Å². The highest BCUT2D eigenvalue weighted by Crippen LogP contribution is 2.29. The van der Waals surface area contributed by atoms with Crippen molar-refractivity contribution in [3.8, 4) is 45.6 Å². The third-order valence-electron chi connectivity index (χ3n) is 8.40. The van der Waals surface area contributed by atoms with Crippen LogP contribution in [-0.4, -0.2) is 26.8 Å². The topological polar surface area (TPSA) is 135 Å². The Morgan fingerprint density at radius 3 is 1.63 bits per heavy atom.